The minimum atomic E-state index is -0.438. The first kappa shape index (κ1) is 19.6. The molecule has 148 valence electrons. The number of amides is 1. The second-order valence-corrected chi connectivity index (χ2v) is 7.79. The Hall–Kier alpha value is -2.15. The van der Waals surface area contributed by atoms with Gasteiger partial charge in [-0.15, -0.1) is 0 Å². The van der Waals surface area contributed by atoms with Crippen LogP contribution in [0, 0.1) is 16.0 Å². The number of nitrogens with zero attached hydrogens (tertiary/aromatic N) is 3. The molecule has 3 rings (SSSR count). The maximum Gasteiger partial charge on any atom is 0.270 e. The molecule has 7 heteroatoms. The van der Waals surface area contributed by atoms with E-state index in [9.17, 15) is 14.9 Å². The van der Waals surface area contributed by atoms with Gasteiger partial charge in [0.2, 0.25) is 0 Å². The van der Waals surface area contributed by atoms with Crippen LogP contribution >= 0.6 is 0 Å². The fraction of sp³-hybridized carbons (Fsp3) is 0.650. The Morgan fingerprint density at radius 2 is 1.89 bits per heavy atom. The molecule has 0 atom stereocenters. The van der Waals surface area contributed by atoms with Crippen LogP contribution in [-0.4, -0.2) is 55.0 Å². The number of carbonyl (C=O) groups is 1. The summed E-state index contributed by atoms with van der Waals surface area (Å²) < 4.78 is 0. The SMILES string of the molecule is CC1CCN(c2ccc([N+](=O)[O-])cc2C(=O)NCCN2CCCCC2)CC1. The van der Waals surface area contributed by atoms with Gasteiger partial charge in [-0.1, -0.05) is 13.3 Å². The summed E-state index contributed by atoms with van der Waals surface area (Å²) in [6.07, 6.45) is 5.88. The van der Waals surface area contributed by atoms with E-state index in [0.717, 1.165) is 51.3 Å². The third kappa shape index (κ3) is 5.19. The van der Waals surface area contributed by atoms with E-state index in [-0.39, 0.29) is 11.6 Å². The third-order valence-corrected chi connectivity index (χ3v) is 5.72. The molecule has 0 spiro atoms. The number of piperidine rings is 2. The van der Waals surface area contributed by atoms with Gasteiger partial charge in [0.15, 0.2) is 0 Å². The standard InChI is InChI=1S/C20H30N4O3/c1-16-7-12-23(13-8-16)19-6-5-17(24(26)27)15-18(19)20(25)21-9-14-22-10-3-2-4-11-22/h5-6,15-16H,2-4,7-14H2,1H3,(H,21,25). The molecule has 27 heavy (non-hydrogen) atoms. The number of nitro benzene ring substituents is 1. The van der Waals surface area contributed by atoms with Gasteiger partial charge >= 0.3 is 0 Å². The molecule has 2 aliphatic heterocycles. The van der Waals surface area contributed by atoms with Crippen molar-refractivity contribution in [3.8, 4) is 0 Å². The number of likely N-dealkylation sites (tertiary alicyclic amines) is 1. The summed E-state index contributed by atoms with van der Waals surface area (Å²) in [7, 11) is 0. The highest BCUT2D eigenvalue weighted by Crippen LogP contribution is 2.29. The molecule has 2 fully saturated rings. The molecule has 1 aromatic carbocycles. The van der Waals surface area contributed by atoms with Crippen LogP contribution in [-0.2, 0) is 0 Å². The molecule has 0 unspecified atom stereocenters. The third-order valence-electron chi connectivity index (χ3n) is 5.72. The fourth-order valence-electron chi connectivity index (χ4n) is 3.95. The lowest BCUT2D eigenvalue weighted by atomic mass is 9.98. The van der Waals surface area contributed by atoms with Crippen molar-refractivity contribution in [3.05, 3.63) is 33.9 Å². The number of benzene rings is 1. The quantitative estimate of drug-likeness (QED) is 0.612. The van der Waals surface area contributed by atoms with Crippen molar-refractivity contribution in [1.82, 2.24) is 10.2 Å². The molecule has 2 heterocycles. The van der Waals surface area contributed by atoms with E-state index in [1.165, 1.54) is 31.4 Å². The minimum absolute atomic E-state index is 0.0368. The average Bonchev–Trinajstić information content (AvgIpc) is 2.69. The fourth-order valence-corrected chi connectivity index (χ4v) is 3.95. The van der Waals surface area contributed by atoms with Crippen molar-refractivity contribution in [3.63, 3.8) is 0 Å². The summed E-state index contributed by atoms with van der Waals surface area (Å²) in [4.78, 5) is 28.1. The van der Waals surface area contributed by atoms with Crippen molar-refractivity contribution in [2.45, 2.75) is 39.0 Å². The van der Waals surface area contributed by atoms with Crippen LogP contribution in [0.25, 0.3) is 0 Å². The molecule has 0 radical (unpaired) electrons. The molecule has 0 aliphatic carbocycles. The zero-order chi connectivity index (χ0) is 19.2. The summed E-state index contributed by atoms with van der Waals surface area (Å²) in [5.41, 5.74) is 1.19. The summed E-state index contributed by atoms with van der Waals surface area (Å²) in [6, 6.07) is 4.65. The van der Waals surface area contributed by atoms with Crippen LogP contribution in [0.2, 0.25) is 0 Å². The Kier molecular flexibility index (Phi) is 6.66. The lowest BCUT2D eigenvalue weighted by Crippen LogP contribution is -2.38. The van der Waals surface area contributed by atoms with E-state index < -0.39 is 4.92 Å². The maximum atomic E-state index is 12.8. The Balaban J connectivity index is 1.69. The van der Waals surface area contributed by atoms with E-state index in [0.29, 0.717) is 18.0 Å². The summed E-state index contributed by atoms with van der Waals surface area (Å²) >= 11 is 0. The van der Waals surface area contributed by atoms with Crippen LogP contribution in [0.1, 0.15) is 49.4 Å². The van der Waals surface area contributed by atoms with Crippen molar-refractivity contribution in [2.24, 2.45) is 5.92 Å². The number of non-ortho nitro benzene ring substituents is 1. The molecular weight excluding hydrogens is 344 g/mol. The van der Waals surface area contributed by atoms with Crippen LogP contribution in [0.5, 0.6) is 0 Å². The van der Waals surface area contributed by atoms with Gasteiger partial charge < -0.3 is 15.1 Å². The van der Waals surface area contributed by atoms with Crippen molar-refractivity contribution >= 4 is 17.3 Å². The van der Waals surface area contributed by atoms with E-state index in [4.69, 9.17) is 0 Å². The molecule has 7 nitrogen and oxygen atoms in total. The Labute approximate surface area is 160 Å². The van der Waals surface area contributed by atoms with Gasteiger partial charge in [0, 0.05) is 38.3 Å². The van der Waals surface area contributed by atoms with Gasteiger partial charge in [-0.2, -0.15) is 0 Å². The number of carbonyl (C=O) groups excluding carboxylic acids is 1. The maximum absolute atomic E-state index is 12.8. The summed E-state index contributed by atoms with van der Waals surface area (Å²) in [5.74, 6) is 0.463. The number of nitrogens with one attached hydrogen (secondary N) is 1. The van der Waals surface area contributed by atoms with Gasteiger partial charge in [0.05, 0.1) is 16.2 Å². The average molecular weight is 374 g/mol. The number of hydrogen-bond donors (Lipinski definition) is 1. The normalized spacial score (nSPS) is 19.1. The van der Waals surface area contributed by atoms with E-state index in [2.05, 4.69) is 22.0 Å². The zero-order valence-corrected chi connectivity index (χ0v) is 16.2. The van der Waals surface area contributed by atoms with Crippen molar-refractivity contribution < 1.29 is 9.72 Å². The Bertz CT molecular complexity index is 665. The topological polar surface area (TPSA) is 78.7 Å². The smallest absolute Gasteiger partial charge is 0.270 e. The van der Waals surface area contributed by atoms with Crippen LogP contribution in [0.15, 0.2) is 18.2 Å². The monoisotopic (exact) mass is 374 g/mol. The van der Waals surface area contributed by atoms with Crippen molar-refractivity contribution in [1.29, 1.82) is 0 Å². The second kappa shape index (κ2) is 9.17. The Morgan fingerprint density at radius 3 is 2.56 bits per heavy atom. The highest BCUT2D eigenvalue weighted by Gasteiger charge is 2.23. The van der Waals surface area contributed by atoms with E-state index in [1.807, 2.05) is 0 Å². The second-order valence-electron chi connectivity index (χ2n) is 7.79. The molecule has 1 N–H and O–H groups in total. The largest absolute Gasteiger partial charge is 0.371 e. The number of rotatable bonds is 6. The Morgan fingerprint density at radius 1 is 1.19 bits per heavy atom. The summed E-state index contributed by atoms with van der Waals surface area (Å²) in [5, 5.41) is 14.2. The van der Waals surface area contributed by atoms with Crippen molar-refractivity contribution in [2.75, 3.05) is 44.2 Å². The first-order chi connectivity index (χ1) is 13.0. The highest BCUT2D eigenvalue weighted by atomic mass is 16.6. The molecular formula is C20H30N4O3. The van der Waals surface area contributed by atoms with E-state index >= 15 is 0 Å². The highest BCUT2D eigenvalue weighted by molar-refractivity contribution is 6.00. The molecule has 0 saturated carbocycles. The van der Waals surface area contributed by atoms with Crippen LogP contribution in [0.3, 0.4) is 0 Å². The zero-order valence-electron chi connectivity index (χ0n) is 16.2. The lowest BCUT2D eigenvalue weighted by molar-refractivity contribution is -0.384. The van der Waals surface area contributed by atoms with E-state index in [1.54, 1.807) is 6.07 Å². The van der Waals surface area contributed by atoms with Crippen LogP contribution in [0.4, 0.5) is 11.4 Å². The molecule has 2 aliphatic rings. The first-order valence-electron chi connectivity index (χ1n) is 10.1. The molecule has 1 amide bonds. The van der Waals surface area contributed by atoms with Gasteiger partial charge in [0.25, 0.3) is 11.6 Å². The number of anilines is 1. The van der Waals surface area contributed by atoms with Gasteiger partial charge in [0.1, 0.15) is 0 Å². The molecule has 0 aromatic heterocycles. The summed E-state index contributed by atoms with van der Waals surface area (Å²) in [6.45, 7) is 7.57. The molecule has 1 aromatic rings. The van der Waals surface area contributed by atoms with Gasteiger partial charge in [-0.05, 0) is 50.8 Å². The minimum Gasteiger partial charge on any atom is -0.371 e. The molecule has 2 saturated heterocycles. The molecule has 0 bridgehead atoms. The predicted octanol–water partition coefficient (Wildman–Crippen LogP) is 3.05. The van der Waals surface area contributed by atoms with Crippen LogP contribution < -0.4 is 10.2 Å². The van der Waals surface area contributed by atoms with Gasteiger partial charge in [-0.3, -0.25) is 14.9 Å². The van der Waals surface area contributed by atoms with Gasteiger partial charge in [-0.25, -0.2) is 0 Å². The predicted molar refractivity (Wildman–Crippen MR) is 106 cm³/mol. The lowest BCUT2D eigenvalue weighted by Gasteiger charge is -2.33. The number of hydrogen-bond acceptors (Lipinski definition) is 5. The first-order valence-corrected chi connectivity index (χ1v) is 10.1. The number of nitro groups is 1.